The Labute approximate surface area is 146 Å². The molecule has 3 aromatic rings. The second-order valence-electron chi connectivity index (χ2n) is 5.64. The summed E-state index contributed by atoms with van der Waals surface area (Å²) in [5.41, 5.74) is 9.69. The number of hydrogen-bond donors (Lipinski definition) is 2. The highest BCUT2D eigenvalue weighted by Gasteiger charge is 2.11. The fraction of sp³-hybridized carbons (Fsp3) is 0.158. The average molecular weight is 336 g/mol. The molecular weight excluding hydrogens is 316 g/mol. The molecule has 0 fully saturated rings. The number of nitrogen functional groups attached to an aromatic ring is 1. The first-order chi connectivity index (χ1) is 12.1. The van der Waals surface area contributed by atoms with Crippen molar-refractivity contribution in [1.29, 1.82) is 0 Å². The molecule has 0 aliphatic rings. The Bertz CT molecular complexity index is 879. The van der Waals surface area contributed by atoms with E-state index in [1.54, 1.807) is 7.11 Å². The molecule has 3 rings (SSSR count). The third-order valence-electron chi connectivity index (χ3n) is 3.89. The molecule has 25 heavy (non-hydrogen) atoms. The molecule has 1 heterocycles. The number of nitrogens with two attached hydrogens (primary N) is 1. The molecule has 0 radical (unpaired) electrons. The van der Waals surface area contributed by atoms with Gasteiger partial charge in [0.2, 0.25) is 5.88 Å². The van der Waals surface area contributed by atoms with E-state index < -0.39 is 0 Å². The standard InChI is InChI=1S/C19H20N4O2/c1-12-4-7-16(10-13(12)2)25-19-17(20)18(21-11-22-19)23-14-5-8-15(24-3)9-6-14/h4-11H,20H2,1-3H3,(H,21,22,23). The number of benzene rings is 2. The molecular formula is C19H20N4O2. The van der Waals surface area contributed by atoms with Gasteiger partial charge in [0, 0.05) is 5.69 Å². The maximum atomic E-state index is 6.17. The molecule has 2 aromatic carbocycles. The van der Waals surface area contributed by atoms with E-state index in [1.807, 2.05) is 49.4 Å². The number of methoxy groups -OCH3 is 1. The molecule has 128 valence electrons. The minimum atomic E-state index is 0.314. The number of aryl methyl sites for hydroxylation is 2. The number of rotatable bonds is 5. The molecule has 1 aromatic heterocycles. The van der Waals surface area contributed by atoms with Gasteiger partial charge in [-0.05, 0) is 61.4 Å². The van der Waals surface area contributed by atoms with E-state index in [0.717, 1.165) is 17.0 Å². The van der Waals surface area contributed by atoms with Crippen LogP contribution in [0.4, 0.5) is 17.2 Å². The summed E-state index contributed by atoms with van der Waals surface area (Å²) in [6, 6.07) is 13.3. The SMILES string of the molecule is COc1ccc(Nc2ncnc(Oc3ccc(C)c(C)c3)c2N)cc1. The highest BCUT2D eigenvalue weighted by Crippen LogP contribution is 2.31. The van der Waals surface area contributed by atoms with Crippen LogP contribution in [-0.4, -0.2) is 17.1 Å². The Morgan fingerprint density at radius 1 is 0.920 bits per heavy atom. The summed E-state index contributed by atoms with van der Waals surface area (Å²) in [6.07, 6.45) is 1.42. The number of anilines is 3. The molecule has 0 bridgehead atoms. The topological polar surface area (TPSA) is 82.3 Å². The van der Waals surface area contributed by atoms with E-state index in [0.29, 0.717) is 23.1 Å². The van der Waals surface area contributed by atoms with E-state index in [1.165, 1.54) is 11.9 Å². The molecule has 0 spiro atoms. The van der Waals surface area contributed by atoms with Crippen LogP contribution in [0.25, 0.3) is 0 Å². The van der Waals surface area contributed by atoms with Crippen LogP contribution in [0.1, 0.15) is 11.1 Å². The quantitative estimate of drug-likeness (QED) is 0.726. The lowest BCUT2D eigenvalue weighted by atomic mass is 10.1. The molecule has 6 heteroatoms. The van der Waals surface area contributed by atoms with Gasteiger partial charge in [0.05, 0.1) is 7.11 Å². The summed E-state index contributed by atoms with van der Waals surface area (Å²) in [4.78, 5) is 8.33. The minimum Gasteiger partial charge on any atom is -0.497 e. The van der Waals surface area contributed by atoms with Crippen molar-refractivity contribution < 1.29 is 9.47 Å². The Morgan fingerprint density at radius 2 is 1.64 bits per heavy atom. The van der Waals surface area contributed by atoms with Crippen molar-refractivity contribution in [2.24, 2.45) is 0 Å². The van der Waals surface area contributed by atoms with Crippen LogP contribution in [0, 0.1) is 13.8 Å². The van der Waals surface area contributed by atoms with Crippen molar-refractivity contribution in [2.75, 3.05) is 18.2 Å². The van der Waals surface area contributed by atoms with Gasteiger partial charge in [-0.3, -0.25) is 0 Å². The molecule has 0 aliphatic heterocycles. The first-order valence-electron chi connectivity index (χ1n) is 7.83. The summed E-state index contributed by atoms with van der Waals surface area (Å²) < 4.78 is 11.0. The first-order valence-corrected chi connectivity index (χ1v) is 7.83. The molecule has 0 saturated heterocycles. The van der Waals surface area contributed by atoms with Crippen LogP contribution in [0.15, 0.2) is 48.8 Å². The maximum absolute atomic E-state index is 6.17. The maximum Gasteiger partial charge on any atom is 0.248 e. The zero-order valence-corrected chi connectivity index (χ0v) is 14.4. The lowest BCUT2D eigenvalue weighted by molar-refractivity contribution is 0.415. The molecule has 0 aliphatic carbocycles. The molecule has 0 unspecified atom stereocenters. The summed E-state index contributed by atoms with van der Waals surface area (Å²) >= 11 is 0. The summed E-state index contributed by atoms with van der Waals surface area (Å²) in [5, 5.41) is 3.16. The molecule has 0 atom stereocenters. The predicted octanol–water partition coefficient (Wildman–Crippen LogP) is 4.22. The Morgan fingerprint density at radius 3 is 2.32 bits per heavy atom. The number of nitrogens with one attached hydrogen (secondary N) is 1. The monoisotopic (exact) mass is 336 g/mol. The summed E-state index contributed by atoms with van der Waals surface area (Å²) in [7, 11) is 1.63. The van der Waals surface area contributed by atoms with Gasteiger partial charge in [-0.25, -0.2) is 4.98 Å². The minimum absolute atomic E-state index is 0.314. The average Bonchev–Trinajstić information content (AvgIpc) is 2.62. The van der Waals surface area contributed by atoms with Gasteiger partial charge < -0.3 is 20.5 Å². The van der Waals surface area contributed by atoms with Gasteiger partial charge in [0.15, 0.2) is 5.82 Å². The van der Waals surface area contributed by atoms with E-state index in [4.69, 9.17) is 15.2 Å². The Hall–Kier alpha value is -3.28. The van der Waals surface area contributed by atoms with Crippen LogP contribution < -0.4 is 20.5 Å². The smallest absolute Gasteiger partial charge is 0.248 e. The van der Waals surface area contributed by atoms with Gasteiger partial charge in [0.25, 0.3) is 0 Å². The Balaban J connectivity index is 1.82. The van der Waals surface area contributed by atoms with E-state index in [9.17, 15) is 0 Å². The van der Waals surface area contributed by atoms with Gasteiger partial charge in [-0.2, -0.15) is 4.98 Å². The van der Waals surface area contributed by atoms with E-state index >= 15 is 0 Å². The number of hydrogen-bond acceptors (Lipinski definition) is 6. The summed E-state index contributed by atoms with van der Waals surface area (Å²) in [6.45, 7) is 4.08. The first kappa shape index (κ1) is 16.6. The van der Waals surface area contributed by atoms with Crippen molar-refractivity contribution in [3.05, 3.63) is 59.9 Å². The van der Waals surface area contributed by atoms with Crippen LogP contribution in [0.5, 0.6) is 17.4 Å². The molecule has 6 nitrogen and oxygen atoms in total. The second-order valence-corrected chi connectivity index (χ2v) is 5.64. The fourth-order valence-electron chi connectivity index (χ4n) is 2.26. The molecule has 0 saturated carbocycles. The van der Waals surface area contributed by atoms with Gasteiger partial charge >= 0.3 is 0 Å². The van der Waals surface area contributed by atoms with Crippen LogP contribution >= 0.6 is 0 Å². The fourth-order valence-corrected chi connectivity index (χ4v) is 2.26. The zero-order valence-electron chi connectivity index (χ0n) is 14.4. The third kappa shape index (κ3) is 3.80. The Kier molecular flexibility index (Phi) is 4.70. The van der Waals surface area contributed by atoms with Crippen molar-refractivity contribution in [2.45, 2.75) is 13.8 Å². The highest BCUT2D eigenvalue weighted by molar-refractivity contribution is 5.72. The predicted molar refractivity (Wildman–Crippen MR) is 98.7 cm³/mol. The van der Waals surface area contributed by atoms with Gasteiger partial charge in [-0.15, -0.1) is 0 Å². The second kappa shape index (κ2) is 7.09. The lowest BCUT2D eigenvalue weighted by Gasteiger charge is -2.12. The molecule has 0 amide bonds. The number of nitrogens with zero attached hydrogens (tertiary/aromatic N) is 2. The van der Waals surface area contributed by atoms with Crippen molar-refractivity contribution in [1.82, 2.24) is 9.97 Å². The van der Waals surface area contributed by atoms with Crippen LogP contribution in [0.2, 0.25) is 0 Å². The summed E-state index contributed by atoms with van der Waals surface area (Å²) in [5.74, 6) is 2.26. The van der Waals surface area contributed by atoms with Gasteiger partial charge in [-0.1, -0.05) is 6.07 Å². The largest absolute Gasteiger partial charge is 0.497 e. The normalized spacial score (nSPS) is 10.4. The van der Waals surface area contributed by atoms with E-state index in [2.05, 4.69) is 22.2 Å². The van der Waals surface area contributed by atoms with E-state index in [-0.39, 0.29) is 0 Å². The van der Waals surface area contributed by atoms with Crippen molar-refractivity contribution in [3.63, 3.8) is 0 Å². The molecule has 3 N–H and O–H groups in total. The van der Waals surface area contributed by atoms with Gasteiger partial charge in [0.1, 0.15) is 23.5 Å². The van der Waals surface area contributed by atoms with Crippen molar-refractivity contribution in [3.8, 4) is 17.4 Å². The van der Waals surface area contributed by atoms with Crippen molar-refractivity contribution >= 4 is 17.2 Å². The van der Waals surface area contributed by atoms with Crippen LogP contribution in [-0.2, 0) is 0 Å². The zero-order chi connectivity index (χ0) is 17.8. The lowest BCUT2D eigenvalue weighted by Crippen LogP contribution is -2.03. The third-order valence-corrected chi connectivity index (χ3v) is 3.89. The number of aromatic nitrogens is 2. The highest BCUT2D eigenvalue weighted by atomic mass is 16.5. The van der Waals surface area contributed by atoms with Crippen LogP contribution in [0.3, 0.4) is 0 Å². The number of ether oxygens (including phenoxy) is 2.